The zero-order valence-electron chi connectivity index (χ0n) is 9.64. The van der Waals surface area contributed by atoms with E-state index in [1.54, 1.807) is 24.4 Å². The first kappa shape index (κ1) is 11.9. The molecule has 92 valence electrons. The maximum atomic E-state index is 11.4. The van der Waals surface area contributed by atoms with E-state index in [9.17, 15) is 9.59 Å². The van der Waals surface area contributed by atoms with E-state index in [0.717, 1.165) is 22.5 Å². The Labute approximate surface area is 103 Å². The number of carboxylic acids is 1. The van der Waals surface area contributed by atoms with Gasteiger partial charge >= 0.3 is 11.9 Å². The molecule has 2 rings (SSSR count). The molecule has 0 saturated heterocycles. The zero-order chi connectivity index (χ0) is 13.1. The van der Waals surface area contributed by atoms with E-state index in [-0.39, 0.29) is 0 Å². The monoisotopic (exact) mass is 245 g/mol. The van der Waals surface area contributed by atoms with Crippen LogP contribution in [0.3, 0.4) is 0 Å². The van der Waals surface area contributed by atoms with Crippen LogP contribution in [0.1, 0.15) is 15.9 Å². The summed E-state index contributed by atoms with van der Waals surface area (Å²) in [5, 5.41) is 9.42. The van der Waals surface area contributed by atoms with Crippen LogP contribution in [-0.4, -0.2) is 29.1 Å². The number of esters is 1. The van der Waals surface area contributed by atoms with Crippen LogP contribution in [0.5, 0.6) is 0 Å². The van der Waals surface area contributed by atoms with E-state index in [1.807, 2.05) is 0 Å². The van der Waals surface area contributed by atoms with Crippen molar-refractivity contribution in [3.8, 4) is 0 Å². The Hall–Kier alpha value is -2.56. The van der Waals surface area contributed by atoms with E-state index in [0.29, 0.717) is 5.56 Å². The van der Waals surface area contributed by atoms with Gasteiger partial charge in [0.2, 0.25) is 0 Å². The molecule has 0 aliphatic heterocycles. The first-order valence-corrected chi connectivity index (χ1v) is 5.22. The van der Waals surface area contributed by atoms with Crippen molar-refractivity contribution in [1.29, 1.82) is 0 Å². The highest BCUT2D eigenvalue weighted by atomic mass is 16.5. The molecule has 1 aromatic heterocycles. The molecule has 2 N–H and O–H groups in total. The fourth-order valence-corrected chi connectivity index (χ4v) is 1.69. The summed E-state index contributed by atoms with van der Waals surface area (Å²) in [7, 11) is 1.32. The highest BCUT2D eigenvalue weighted by Crippen LogP contribution is 2.21. The van der Waals surface area contributed by atoms with Crippen LogP contribution in [0.15, 0.2) is 30.5 Å². The number of fused-ring (bicyclic) bond motifs is 1. The summed E-state index contributed by atoms with van der Waals surface area (Å²) in [6, 6.07) is 5.05. The molecule has 0 unspecified atom stereocenters. The van der Waals surface area contributed by atoms with Gasteiger partial charge < -0.3 is 14.8 Å². The number of rotatable bonds is 3. The molecule has 5 heteroatoms. The number of methoxy groups -OCH3 is 1. The van der Waals surface area contributed by atoms with Crippen LogP contribution in [0, 0.1) is 0 Å². The van der Waals surface area contributed by atoms with Crippen molar-refractivity contribution in [3.63, 3.8) is 0 Å². The maximum Gasteiger partial charge on any atom is 0.337 e. The summed E-state index contributed by atoms with van der Waals surface area (Å²) in [6.45, 7) is 0. The highest BCUT2D eigenvalue weighted by Gasteiger charge is 2.08. The highest BCUT2D eigenvalue weighted by molar-refractivity contribution is 5.98. The molecule has 0 fully saturated rings. The molecule has 1 aromatic carbocycles. The van der Waals surface area contributed by atoms with E-state index in [4.69, 9.17) is 5.11 Å². The van der Waals surface area contributed by atoms with Gasteiger partial charge in [-0.15, -0.1) is 0 Å². The molecule has 0 amide bonds. The average Bonchev–Trinajstić information content (AvgIpc) is 2.77. The molecular formula is C13H11NO4. The van der Waals surface area contributed by atoms with Gasteiger partial charge in [-0.1, -0.05) is 6.07 Å². The van der Waals surface area contributed by atoms with Crippen LogP contribution < -0.4 is 0 Å². The minimum absolute atomic E-state index is 0.408. The van der Waals surface area contributed by atoms with Crippen molar-refractivity contribution in [2.45, 2.75) is 0 Å². The number of aliphatic carboxylic acids is 1. The molecule has 0 spiro atoms. The Morgan fingerprint density at radius 1 is 1.39 bits per heavy atom. The van der Waals surface area contributed by atoms with Gasteiger partial charge in [-0.3, -0.25) is 0 Å². The van der Waals surface area contributed by atoms with Gasteiger partial charge in [0.05, 0.1) is 12.7 Å². The first-order chi connectivity index (χ1) is 8.61. The van der Waals surface area contributed by atoms with Crippen molar-refractivity contribution in [3.05, 3.63) is 41.6 Å². The van der Waals surface area contributed by atoms with Gasteiger partial charge in [0, 0.05) is 28.7 Å². The molecule has 0 atom stereocenters. The first-order valence-electron chi connectivity index (χ1n) is 5.22. The number of aromatic amines is 1. The number of hydrogen-bond donors (Lipinski definition) is 2. The largest absolute Gasteiger partial charge is 0.478 e. The Morgan fingerprint density at radius 2 is 2.17 bits per heavy atom. The van der Waals surface area contributed by atoms with E-state index < -0.39 is 11.9 Å². The minimum Gasteiger partial charge on any atom is -0.478 e. The summed E-state index contributed by atoms with van der Waals surface area (Å²) in [5.74, 6) is -1.41. The number of hydrogen-bond acceptors (Lipinski definition) is 3. The molecular weight excluding hydrogens is 234 g/mol. The molecule has 1 heterocycles. The smallest absolute Gasteiger partial charge is 0.337 e. The van der Waals surface area contributed by atoms with Crippen LogP contribution >= 0.6 is 0 Å². The molecule has 0 bridgehead atoms. The SMILES string of the molecule is COC(=O)c1ccc2c(/C=C\C(=O)O)c[nH]c2c1. The van der Waals surface area contributed by atoms with E-state index in [2.05, 4.69) is 9.72 Å². The number of aromatic nitrogens is 1. The summed E-state index contributed by atoms with van der Waals surface area (Å²) >= 11 is 0. The van der Waals surface area contributed by atoms with E-state index in [1.165, 1.54) is 13.2 Å². The number of ether oxygens (including phenoxy) is 1. The third-order valence-corrected chi connectivity index (χ3v) is 2.54. The van der Waals surface area contributed by atoms with Gasteiger partial charge in [-0.2, -0.15) is 0 Å². The van der Waals surface area contributed by atoms with Crippen molar-refractivity contribution >= 4 is 28.9 Å². The predicted molar refractivity (Wildman–Crippen MR) is 66.3 cm³/mol. The van der Waals surface area contributed by atoms with Gasteiger partial charge in [0.15, 0.2) is 0 Å². The van der Waals surface area contributed by atoms with Gasteiger partial charge in [-0.05, 0) is 18.2 Å². The summed E-state index contributed by atoms with van der Waals surface area (Å²) in [4.78, 5) is 24.8. The third kappa shape index (κ3) is 2.24. The summed E-state index contributed by atoms with van der Waals surface area (Å²) < 4.78 is 4.63. The molecule has 0 radical (unpaired) electrons. The Kier molecular flexibility index (Phi) is 3.14. The van der Waals surface area contributed by atoms with Crippen LogP contribution in [0.4, 0.5) is 0 Å². The Morgan fingerprint density at radius 3 is 2.83 bits per heavy atom. The lowest BCUT2D eigenvalue weighted by Gasteiger charge is -1.99. The molecule has 2 aromatic rings. The Balaban J connectivity index is 2.43. The lowest BCUT2D eigenvalue weighted by atomic mass is 10.1. The Bertz CT molecular complexity index is 639. The lowest BCUT2D eigenvalue weighted by Crippen LogP contribution is -2.00. The fraction of sp³-hybridized carbons (Fsp3) is 0.0769. The topological polar surface area (TPSA) is 79.4 Å². The maximum absolute atomic E-state index is 11.4. The standard InChI is InChI=1S/C13H11NO4/c1-18-13(17)8-2-4-10-9(3-5-12(15)16)7-14-11(10)6-8/h2-7,14H,1H3,(H,15,16)/b5-3-. The average molecular weight is 245 g/mol. The third-order valence-electron chi connectivity index (χ3n) is 2.54. The quantitative estimate of drug-likeness (QED) is 0.640. The van der Waals surface area contributed by atoms with Gasteiger partial charge in [0.25, 0.3) is 0 Å². The lowest BCUT2D eigenvalue weighted by molar-refractivity contribution is -0.131. The minimum atomic E-state index is -1.00. The van der Waals surface area contributed by atoms with E-state index >= 15 is 0 Å². The van der Waals surface area contributed by atoms with Crippen molar-refractivity contribution < 1.29 is 19.4 Å². The van der Waals surface area contributed by atoms with Crippen LogP contribution in [-0.2, 0) is 9.53 Å². The van der Waals surface area contributed by atoms with Gasteiger partial charge in [0.1, 0.15) is 0 Å². The van der Waals surface area contributed by atoms with Crippen LogP contribution in [0.25, 0.3) is 17.0 Å². The molecule has 0 aliphatic carbocycles. The number of carbonyl (C=O) groups excluding carboxylic acids is 1. The van der Waals surface area contributed by atoms with Crippen molar-refractivity contribution in [2.75, 3.05) is 7.11 Å². The van der Waals surface area contributed by atoms with Gasteiger partial charge in [-0.25, -0.2) is 9.59 Å². The number of carbonyl (C=O) groups is 2. The summed E-state index contributed by atoms with van der Waals surface area (Å²) in [6.07, 6.45) is 4.25. The fourth-order valence-electron chi connectivity index (χ4n) is 1.69. The molecule has 0 saturated carbocycles. The normalized spacial score (nSPS) is 10.9. The van der Waals surface area contributed by atoms with Crippen molar-refractivity contribution in [1.82, 2.24) is 4.98 Å². The number of nitrogens with one attached hydrogen (secondary N) is 1. The predicted octanol–water partition coefficient (Wildman–Crippen LogP) is 2.05. The van der Waals surface area contributed by atoms with Crippen molar-refractivity contribution in [2.24, 2.45) is 0 Å². The number of carboxylic acid groups (broad SMARTS) is 1. The molecule has 5 nitrogen and oxygen atoms in total. The second kappa shape index (κ2) is 4.75. The number of benzene rings is 1. The second-order valence-corrected chi connectivity index (χ2v) is 3.67. The second-order valence-electron chi connectivity index (χ2n) is 3.67. The molecule has 18 heavy (non-hydrogen) atoms. The number of H-pyrrole nitrogens is 1. The molecule has 0 aliphatic rings. The summed E-state index contributed by atoms with van der Waals surface area (Å²) in [5.41, 5.74) is 1.95. The van der Waals surface area contributed by atoms with Crippen LogP contribution in [0.2, 0.25) is 0 Å². The zero-order valence-corrected chi connectivity index (χ0v) is 9.64.